The topological polar surface area (TPSA) is 101 Å². The number of hydrogen-bond donors (Lipinski definition) is 2. The maximum Gasteiger partial charge on any atom is 0.271 e. The van der Waals surface area contributed by atoms with Crippen molar-refractivity contribution in [1.29, 1.82) is 0 Å². The maximum atomic E-state index is 11.2. The summed E-state index contributed by atoms with van der Waals surface area (Å²) in [7, 11) is 0. The van der Waals surface area contributed by atoms with Crippen molar-refractivity contribution in [3.8, 4) is 11.5 Å². The molecule has 2 aromatic rings. The fourth-order valence-corrected chi connectivity index (χ4v) is 2.77. The van der Waals surface area contributed by atoms with E-state index < -0.39 is 0 Å². The lowest BCUT2D eigenvalue weighted by molar-refractivity contribution is 0.270. The third-order valence-electron chi connectivity index (χ3n) is 4.23. The van der Waals surface area contributed by atoms with Crippen molar-refractivity contribution >= 4 is 12.2 Å². The molecule has 0 fully saturated rings. The van der Waals surface area contributed by atoms with Crippen molar-refractivity contribution in [3.63, 3.8) is 0 Å². The number of hydrogen-bond acceptors (Lipinski definition) is 7. The zero-order chi connectivity index (χ0) is 20.7. The Bertz CT molecular complexity index is 807. The summed E-state index contributed by atoms with van der Waals surface area (Å²) >= 11 is 0. The van der Waals surface area contributed by atoms with Crippen molar-refractivity contribution in [2.24, 2.45) is 5.10 Å². The molecule has 2 rings (SSSR count). The molecule has 29 heavy (non-hydrogen) atoms. The van der Waals surface area contributed by atoms with E-state index in [2.05, 4.69) is 32.6 Å². The summed E-state index contributed by atoms with van der Waals surface area (Å²) in [6, 6.07) is 5.65. The summed E-state index contributed by atoms with van der Waals surface area (Å²) in [6.45, 7) is 5.40. The van der Waals surface area contributed by atoms with E-state index in [1.807, 2.05) is 25.1 Å². The molecule has 1 aromatic heterocycles. The van der Waals surface area contributed by atoms with Crippen LogP contribution in [0.5, 0.6) is 11.5 Å². The number of hydrazone groups is 1. The molecule has 2 N–H and O–H groups in total. The van der Waals surface area contributed by atoms with E-state index in [0.717, 1.165) is 23.9 Å². The number of ether oxygens (including phenoxy) is 2. The normalized spacial score (nSPS) is 11.0. The highest BCUT2D eigenvalue weighted by atomic mass is 16.5. The van der Waals surface area contributed by atoms with E-state index in [1.54, 1.807) is 6.21 Å². The largest absolute Gasteiger partial charge is 0.490 e. The van der Waals surface area contributed by atoms with E-state index in [0.29, 0.717) is 19.0 Å². The second-order valence-corrected chi connectivity index (χ2v) is 6.66. The lowest BCUT2D eigenvalue weighted by atomic mass is 10.1. The summed E-state index contributed by atoms with van der Waals surface area (Å²) in [6.07, 6.45) is 11.4. The van der Waals surface area contributed by atoms with E-state index in [9.17, 15) is 4.79 Å². The van der Waals surface area contributed by atoms with Gasteiger partial charge < -0.3 is 9.47 Å². The van der Waals surface area contributed by atoms with E-state index in [-0.39, 0.29) is 11.5 Å². The summed E-state index contributed by atoms with van der Waals surface area (Å²) < 4.78 is 11.6. The quantitative estimate of drug-likeness (QED) is 0.280. The molecule has 0 aliphatic heterocycles. The Morgan fingerprint density at radius 3 is 2.62 bits per heavy atom. The Balaban J connectivity index is 1.83. The van der Waals surface area contributed by atoms with Gasteiger partial charge in [0.15, 0.2) is 11.5 Å². The number of anilines is 1. The van der Waals surface area contributed by atoms with Crippen LogP contribution in [-0.2, 0) is 0 Å². The fourth-order valence-electron chi connectivity index (χ4n) is 2.77. The standard InChI is InChI=1S/C21H31N5O3/c1-3-5-6-7-8-9-10-13-29-18-12-11-17(14-19(18)28-4-2)15-22-25-21-24-20(27)16-23-26-21/h11-12,14-16H,3-10,13H2,1-2H3,(H2,24,25,26,27)/b22-15+. The van der Waals surface area contributed by atoms with Gasteiger partial charge in [-0.05, 0) is 37.1 Å². The van der Waals surface area contributed by atoms with E-state index in [4.69, 9.17) is 9.47 Å². The smallest absolute Gasteiger partial charge is 0.271 e. The van der Waals surface area contributed by atoms with Crippen LogP contribution in [0.4, 0.5) is 5.95 Å². The zero-order valence-electron chi connectivity index (χ0n) is 17.3. The van der Waals surface area contributed by atoms with Gasteiger partial charge in [0.2, 0.25) is 5.95 Å². The van der Waals surface area contributed by atoms with Gasteiger partial charge >= 0.3 is 0 Å². The molecule has 0 aliphatic carbocycles. The number of aromatic nitrogens is 3. The van der Waals surface area contributed by atoms with Crippen LogP contribution < -0.4 is 20.5 Å². The molecule has 8 nitrogen and oxygen atoms in total. The van der Waals surface area contributed by atoms with Gasteiger partial charge in [-0.3, -0.25) is 9.78 Å². The molecular weight excluding hydrogens is 370 g/mol. The number of rotatable bonds is 14. The number of unbranched alkanes of at least 4 members (excludes halogenated alkanes) is 6. The minimum atomic E-state index is -0.348. The van der Waals surface area contributed by atoms with E-state index >= 15 is 0 Å². The van der Waals surface area contributed by atoms with Gasteiger partial charge in [0, 0.05) is 0 Å². The third kappa shape index (κ3) is 8.76. The van der Waals surface area contributed by atoms with Crippen molar-refractivity contribution in [3.05, 3.63) is 40.3 Å². The highest BCUT2D eigenvalue weighted by Gasteiger charge is 2.06. The predicted molar refractivity (Wildman–Crippen MR) is 115 cm³/mol. The molecule has 0 atom stereocenters. The number of H-pyrrole nitrogens is 1. The Hall–Kier alpha value is -2.90. The Labute approximate surface area is 171 Å². The molecular formula is C21H31N5O3. The number of nitrogens with one attached hydrogen (secondary N) is 2. The summed E-state index contributed by atoms with van der Waals surface area (Å²) in [5.74, 6) is 1.60. The summed E-state index contributed by atoms with van der Waals surface area (Å²) in [5, 5.41) is 11.3. The molecule has 1 heterocycles. The first-order chi connectivity index (χ1) is 14.2. The van der Waals surface area contributed by atoms with Gasteiger partial charge in [-0.15, -0.1) is 10.2 Å². The molecule has 0 radical (unpaired) electrons. The average molecular weight is 402 g/mol. The maximum absolute atomic E-state index is 11.2. The Kier molecular flexibility index (Phi) is 10.3. The summed E-state index contributed by atoms with van der Waals surface area (Å²) in [4.78, 5) is 13.7. The molecule has 8 heteroatoms. The van der Waals surface area contributed by atoms with Crippen LogP contribution in [0.3, 0.4) is 0 Å². The number of nitrogens with zero attached hydrogens (tertiary/aromatic N) is 3. The minimum Gasteiger partial charge on any atom is -0.490 e. The van der Waals surface area contributed by atoms with Crippen LogP contribution in [-0.4, -0.2) is 34.6 Å². The first-order valence-electron chi connectivity index (χ1n) is 10.3. The highest BCUT2D eigenvalue weighted by molar-refractivity contribution is 5.81. The molecule has 0 spiro atoms. The number of benzene rings is 1. The predicted octanol–water partition coefficient (Wildman–Crippen LogP) is 4.14. The second kappa shape index (κ2) is 13.3. The van der Waals surface area contributed by atoms with Crippen LogP contribution >= 0.6 is 0 Å². The van der Waals surface area contributed by atoms with Gasteiger partial charge in [0.1, 0.15) is 6.20 Å². The zero-order valence-corrected chi connectivity index (χ0v) is 17.3. The molecule has 0 amide bonds. The van der Waals surface area contributed by atoms with Crippen molar-refractivity contribution < 1.29 is 9.47 Å². The van der Waals surface area contributed by atoms with Crippen molar-refractivity contribution in [2.45, 2.75) is 58.8 Å². The Morgan fingerprint density at radius 2 is 1.86 bits per heavy atom. The van der Waals surface area contributed by atoms with Gasteiger partial charge in [0.25, 0.3) is 5.56 Å². The highest BCUT2D eigenvalue weighted by Crippen LogP contribution is 2.28. The molecule has 0 saturated carbocycles. The molecule has 0 saturated heterocycles. The van der Waals surface area contributed by atoms with Crippen molar-refractivity contribution in [1.82, 2.24) is 15.2 Å². The van der Waals surface area contributed by atoms with Gasteiger partial charge in [0.05, 0.1) is 19.4 Å². The molecule has 1 aromatic carbocycles. The monoisotopic (exact) mass is 401 g/mol. The first-order valence-corrected chi connectivity index (χ1v) is 10.3. The SMILES string of the molecule is CCCCCCCCCOc1ccc(/C=N/Nc2nncc(=O)[nH]2)cc1OCC. The third-order valence-corrected chi connectivity index (χ3v) is 4.23. The van der Waals surface area contributed by atoms with Crippen LogP contribution in [0.15, 0.2) is 34.3 Å². The second-order valence-electron chi connectivity index (χ2n) is 6.66. The Morgan fingerprint density at radius 1 is 1.07 bits per heavy atom. The van der Waals surface area contributed by atoms with Crippen molar-refractivity contribution in [2.75, 3.05) is 18.6 Å². The molecule has 0 aliphatic rings. The fraction of sp³-hybridized carbons (Fsp3) is 0.524. The first kappa shape index (κ1) is 22.4. The van der Waals surface area contributed by atoms with E-state index in [1.165, 1.54) is 38.5 Å². The minimum absolute atomic E-state index is 0.174. The van der Waals surface area contributed by atoms with Crippen LogP contribution in [0, 0.1) is 0 Å². The van der Waals surface area contributed by atoms with Crippen LogP contribution in [0.25, 0.3) is 0 Å². The van der Waals surface area contributed by atoms with Crippen LogP contribution in [0.1, 0.15) is 64.4 Å². The molecule has 0 unspecified atom stereocenters. The van der Waals surface area contributed by atoms with Gasteiger partial charge in [-0.1, -0.05) is 45.4 Å². The lowest BCUT2D eigenvalue weighted by Crippen LogP contribution is -2.10. The van der Waals surface area contributed by atoms with Crippen LogP contribution in [0.2, 0.25) is 0 Å². The lowest BCUT2D eigenvalue weighted by Gasteiger charge is -2.12. The molecule has 158 valence electrons. The average Bonchev–Trinajstić information content (AvgIpc) is 2.71. The molecule has 0 bridgehead atoms. The van der Waals surface area contributed by atoms with Gasteiger partial charge in [-0.25, -0.2) is 5.43 Å². The van der Waals surface area contributed by atoms with Gasteiger partial charge in [-0.2, -0.15) is 5.10 Å². The summed E-state index contributed by atoms with van der Waals surface area (Å²) in [5.41, 5.74) is 3.12. The number of aromatic amines is 1.